The number of fused-ring (bicyclic) bond motifs is 4. The maximum absolute atomic E-state index is 14.6. The van der Waals surface area contributed by atoms with Gasteiger partial charge in [-0.05, 0) is 119 Å². The Bertz CT molecular complexity index is 2860. The van der Waals surface area contributed by atoms with E-state index in [2.05, 4.69) is 83.1 Å². The molecule has 10 rings (SSSR count). The second-order valence-electron chi connectivity index (χ2n) is 27.6. The third kappa shape index (κ3) is 8.06. The number of rotatable bonds is 18. The van der Waals surface area contributed by atoms with Gasteiger partial charge in [0.15, 0.2) is 11.6 Å². The molecule has 18 heteroatoms. The zero-order chi connectivity index (χ0) is 62.3. The van der Waals surface area contributed by atoms with Crippen LogP contribution in [0, 0.1) is 22.7 Å². The van der Waals surface area contributed by atoms with E-state index in [0.29, 0.717) is 11.1 Å². The maximum Gasteiger partial charge on any atom is 0.320 e. The second-order valence-corrected chi connectivity index (χ2v) is 38.4. The first-order chi connectivity index (χ1) is 39.2. The number of esters is 4. The van der Waals surface area contributed by atoms with Gasteiger partial charge in [-0.3, -0.25) is 28.8 Å². The molecule has 84 heavy (non-hydrogen) atoms. The largest absolute Gasteiger partial charge is 0.466 e. The van der Waals surface area contributed by atoms with Gasteiger partial charge in [0, 0.05) is 36.3 Å². The quantitative estimate of drug-likeness (QED) is 0.0594. The molecule has 2 aliphatic carbocycles. The summed E-state index contributed by atoms with van der Waals surface area (Å²) in [6, 6.07) is 11.2. The van der Waals surface area contributed by atoms with Crippen molar-refractivity contribution in [3.8, 4) is 0 Å². The Morgan fingerprint density at radius 1 is 0.500 bits per heavy atom. The smallest absolute Gasteiger partial charge is 0.320 e. The summed E-state index contributed by atoms with van der Waals surface area (Å²) in [7, 11) is -1.87. The number of hydrogen-bond acceptors (Lipinski definition) is 14. The molecule has 0 saturated carbocycles. The van der Waals surface area contributed by atoms with Crippen LogP contribution in [0.15, 0.2) is 59.7 Å². The number of likely N-dealkylation sites (N-methyl/N-ethyl adjacent to an activating group) is 2. The van der Waals surface area contributed by atoms with Crippen molar-refractivity contribution in [2.24, 2.45) is 22.7 Å². The van der Waals surface area contributed by atoms with Gasteiger partial charge in [-0.25, -0.2) is 0 Å². The van der Waals surface area contributed by atoms with E-state index in [-0.39, 0.29) is 71.5 Å². The van der Waals surface area contributed by atoms with Crippen molar-refractivity contribution in [1.29, 1.82) is 0 Å². The minimum Gasteiger partial charge on any atom is -0.466 e. The van der Waals surface area contributed by atoms with Crippen molar-refractivity contribution in [3.05, 3.63) is 82.0 Å². The molecule has 0 unspecified atom stereocenters. The first-order valence-electron chi connectivity index (χ1n) is 30.9. The van der Waals surface area contributed by atoms with Crippen LogP contribution < -0.4 is 9.80 Å². The van der Waals surface area contributed by atoms with E-state index in [1.54, 1.807) is 51.6 Å². The van der Waals surface area contributed by atoms with Crippen molar-refractivity contribution in [2.75, 3.05) is 50.3 Å². The van der Waals surface area contributed by atoms with E-state index < -0.39 is 110 Å². The van der Waals surface area contributed by atoms with Crippen LogP contribution in [0.1, 0.15) is 173 Å². The number of nitrogens with zero attached hydrogens (tertiary/aromatic N) is 2. The molecule has 2 saturated heterocycles. The fourth-order valence-corrected chi connectivity index (χ4v) is 29.0. The average Bonchev–Trinajstić information content (AvgIpc) is 1.49. The van der Waals surface area contributed by atoms with Gasteiger partial charge >= 0.3 is 23.9 Å². The lowest BCUT2D eigenvalue weighted by molar-refractivity contribution is -0.180. The summed E-state index contributed by atoms with van der Waals surface area (Å²) in [6.45, 7) is 41.9. The van der Waals surface area contributed by atoms with Gasteiger partial charge in [-0.2, -0.15) is 0 Å². The van der Waals surface area contributed by atoms with E-state index in [9.17, 15) is 28.8 Å². The van der Waals surface area contributed by atoms with Gasteiger partial charge < -0.3 is 47.1 Å². The van der Waals surface area contributed by atoms with Crippen LogP contribution in [0.3, 0.4) is 0 Å². The lowest BCUT2D eigenvalue weighted by Gasteiger charge is -2.49. The molecule has 8 aliphatic rings. The fourth-order valence-electron chi connectivity index (χ4n) is 18.1. The summed E-state index contributed by atoms with van der Waals surface area (Å²) < 4.78 is 52.2. The highest BCUT2D eigenvalue weighted by Gasteiger charge is 2.82. The van der Waals surface area contributed by atoms with Crippen LogP contribution in [0.2, 0.25) is 33.2 Å². The third-order valence-electron chi connectivity index (χ3n) is 21.2. The molecule has 6 heterocycles. The summed E-state index contributed by atoms with van der Waals surface area (Å²) in [5, 5.41) is 0. The first kappa shape index (κ1) is 63.5. The van der Waals surface area contributed by atoms with Gasteiger partial charge in [0.1, 0.15) is 34.9 Å². The Morgan fingerprint density at radius 2 is 0.798 bits per heavy atom. The number of carbonyl (C=O) groups excluding carboxylic acids is 6. The van der Waals surface area contributed by atoms with E-state index in [1.807, 2.05) is 76.2 Å². The Balaban J connectivity index is 0.000000202. The minimum absolute atomic E-state index is 0.0509. The topological polar surface area (TPSA) is 183 Å². The van der Waals surface area contributed by atoms with E-state index in [4.69, 9.17) is 37.3 Å². The Labute approximate surface area is 500 Å². The lowest BCUT2D eigenvalue weighted by atomic mass is 9.59. The fraction of sp³-hybridized carbons (Fsp3) is 0.667. The van der Waals surface area contributed by atoms with E-state index in [1.165, 1.54) is 0 Å². The van der Waals surface area contributed by atoms with Crippen molar-refractivity contribution in [3.63, 3.8) is 0 Å². The molecule has 460 valence electrons. The number of anilines is 2. The number of ether oxygens (including phenoxy) is 6. The minimum atomic E-state index is -2.70. The molecule has 0 spiro atoms. The van der Waals surface area contributed by atoms with Gasteiger partial charge in [-0.1, -0.05) is 135 Å². The highest BCUT2D eigenvalue weighted by Crippen LogP contribution is 2.72. The molecule has 0 N–H and O–H groups in total. The number of benzene rings is 2. The SMILES string of the molecule is CCOC(=O)[C@@H]1[C@@]2(O[Si](C(C)C)(C(C)C)C(C)C)C=C3[C@H](O2)[C@@]1(C(=O)OCC)c1cccc2c1[C@H](C(=O)N2C)C3(C)C.CCOC(=O)[C@H]1[C@]2(O[Si](C(C)C)(C(C)C)C(C)C)C=C3[C@@H](O2)[C@]1(C(=O)OCC)c1cccc2c1[C@@H](C(=O)N2C)C3(C)C. The first-order valence-corrected chi connectivity index (χ1v) is 35.2. The van der Waals surface area contributed by atoms with Crippen molar-refractivity contribution < 1.29 is 66.0 Å². The predicted molar refractivity (Wildman–Crippen MR) is 325 cm³/mol. The molecule has 2 amide bonds. The molecule has 4 bridgehead atoms. The van der Waals surface area contributed by atoms with Crippen molar-refractivity contribution >= 4 is 63.7 Å². The summed E-state index contributed by atoms with van der Waals surface area (Å²) >= 11 is 0. The molecule has 2 fully saturated rings. The number of carbonyl (C=O) groups is 6. The molecule has 2 aromatic carbocycles. The molecular weight excluding hydrogens is 1100 g/mol. The van der Waals surface area contributed by atoms with Crippen LogP contribution >= 0.6 is 0 Å². The number of hydrogen-bond donors (Lipinski definition) is 0. The Hall–Kier alpha value is -4.99. The molecule has 2 aromatic rings. The van der Waals surface area contributed by atoms with Crippen LogP contribution in [-0.4, -0.2) is 117 Å². The van der Waals surface area contributed by atoms with Gasteiger partial charge in [0.05, 0.1) is 38.3 Å². The molecule has 16 nitrogen and oxygen atoms in total. The standard InChI is InChI=1S/2C33H47NO7Si/c2*1-12-38-29(36)26-32(41-42(18(3)4,19(5)6)20(7)8)17-22-27(40-32)33(26,30(37)39-13-2)21-15-14-16-23-24(21)25(31(22,9)10)28(35)34(23)11/h2*14-20,25-27H,12-13H2,1-11H3/t2*25-,26-,27+,32+,33-/m10/s1. The van der Waals surface area contributed by atoms with Crippen LogP contribution in [0.4, 0.5) is 11.4 Å². The average molecular weight is 1200 g/mol. The van der Waals surface area contributed by atoms with Gasteiger partial charge in [0.2, 0.25) is 28.4 Å². The van der Waals surface area contributed by atoms with Crippen molar-refractivity contribution in [1.82, 2.24) is 0 Å². The summed E-state index contributed by atoms with van der Waals surface area (Å²) in [4.78, 5) is 89.3. The van der Waals surface area contributed by atoms with Gasteiger partial charge in [0.25, 0.3) is 0 Å². The zero-order valence-electron chi connectivity index (χ0n) is 54.0. The van der Waals surface area contributed by atoms with Crippen LogP contribution in [0.5, 0.6) is 0 Å². The predicted octanol–water partition coefficient (Wildman–Crippen LogP) is 12.0. The Kier molecular flexibility index (Phi) is 16.2. The van der Waals surface area contributed by atoms with Crippen molar-refractivity contribution in [2.45, 2.75) is 218 Å². The molecule has 0 aromatic heterocycles. The monoisotopic (exact) mass is 1190 g/mol. The second kappa shape index (κ2) is 21.4. The Morgan fingerprint density at radius 3 is 1.07 bits per heavy atom. The molecule has 6 aliphatic heterocycles. The number of amides is 2. The third-order valence-corrected chi connectivity index (χ3v) is 33.4. The molecule has 0 radical (unpaired) electrons. The normalized spacial score (nSPS) is 30.6. The summed E-state index contributed by atoms with van der Waals surface area (Å²) in [5.74, 6) is -8.91. The molecule has 10 atom stereocenters. The summed E-state index contributed by atoms with van der Waals surface area (Å²) in [6.07, 6.45) is 2.16. The van der Waals surface area contributed by atoms with E-state index in [0.717, 1.165) is 33.6 Å². The lowest BCUT2D eigenvalue weighted by Crippen LogP contribution is -2.62. The van der Waals surface area contributed by atoms with E-state index >= 15 is 0 Å². The van der Waals surface area contributed by atoms with Crippen LogP contribution in [0.25, 0.3) is 0 Å². The maximum atomic E-state index is 14.6. The highest BCUT2D eigenvalue weighted by atomic mass is 28.4. The highest BCUT2D eigenvalue weighted by molar-refractivity contribution is 6.78. The zero-order valence-corrected chi connectivity index (χ0v) is 56.0. The van der Waals surface area contributed by atoms with Gasteiger partial charge in [-0.15, -0.1) is 0 Å². The van der Waals surface area contributed by atoms with Crippen LogP contribution in [-0.2, 0) is 76.9 Å². The summed E-state index contributed by atoms with van der Waals surface area (Å²) in [5.41, 5.74) is 2.20. The molecular formula is C66H94N2O14Si2.